The van der Waals surface area contributed by atoms with Gasteiger partial charge in [0.25, 0.3) is 0 Å². The second kappa shape index (κ2) is 9.54. The molecule has 0 N–H and O–H groups in total. The zero-order valence-corrected chi connectivity index (χ0v) is 18.1. The standard InChI is InChI=1S/C24H40N3/c1-5-7-9-16-26(17-10-8-6-2)27-18-14-24(27)23(13-15-25-24)22-12-11-20(3)21(4)19-22/h11-12,19,23H,5-10,13-18H2,1-4H3. The van der Waals surface area contributed by atoms with Gasteiger partial charge in [0.2, 0.25) is 0 Å². The minimum absolute atomic E-state index is 0.0418. The number of benzene rings is 1. The quantitative estimate of drug-likeness (QED) is 0.514. The predicted molar refractivity (Wildman–Crippen MR) is 115 cm³/mol. The number of rotatable bonds is 10. The summed E-state index contributed by atoms with van der Waals surface area (Å²) in [5.74, 6) is 0.561. The van der Waals surface area contributed by atoms with Gasteiger partial charge in [-0.3, -0.25) is 0 Å². The highest BCUT2D eigenvalue weighted by molar-refractivity contribution is 5.35. The van der Waals surface area contributed by atoms with Crippen LogP contribution >= 0.6 is 0 Å². The van der Waals surface area contributed by atoms with Gasteiger partial charge in [-0.1, -0.05) is 57.7 Å². The fraction of sp³-hybridized carbons (Fsp3) is 0.750. The summed E-state index contributed by atoms with van der Waals surface area (Å²) in [5.41, 5.74) is 4.36. The highest BCUT2D eigenvalue weighted by Gasteiger charge is 2.56. The Morgan fingerprint density at radius 3 is 2.30 bits per heavy atom. The normalized spacial score (nSPS) is 25.4. The Morgan fingerprint density at radius 2 is 1.74 bits per heavy atom. The zero-order valence-electron chi connectivity index (χ0n) is 18.1. The SMILES string of the molecule is CCCCCN(CCCCC)N1CCC12[N]CCC2c1ccc(C)c(C)c1. The Bertz CT molecular complexity index is 589. The molecule has 2 unspecified atom stereocenters. The van der Waals surface area contributed by atoms with Crippen LogP contribution in [0.15, 0.2) is 18.2 Å². The fourth-order valence-electron chi connectivity index (χ4n) is 4.93. The minimum Gasteiger partial charge on any atom is -0.240 e. The number of aryl methyl sites for hydroxylation is 2. The molecule has 1 spiro atoms. The molecule has 2 aliphatic heterocycles. The van der Waals surface area contributed by atoms with Crippen molar-refractivity contribution in [2.75, 3.05) is 26.2 Å². The van der Waals surface area contributed by atoms with Crippen molar-refractivity contribution in [1.29, 1.82) is 0 Å². The molecule has 0 saturated carbocycles. The van der Waals surface area contributed by atoms with Crippen molar-refractivity contribution < 1.29 is 0 Å². The maximum atomic E-state index is 5.23. The molecule has 1 radical (unpaired) electrons. The first kappa shape index (κ1) is 20.8. The van der Waals surface area contributed by atoms with Gasteiger partial charge in [-0.25, -0.2) is 15.3 Å². The van der Waals surface area contributed by atoms with Crippen molar-refractivity contribution in [1.82, 2.24) is 15.3 Å². The molecule has 3 nitrogen and oxygen atoms in total. The summed E-state index contributed by atoms with van der Waals surface area (Å²) in [6.07, 6.45) is 10.3. The van der Waals surface area contributed by atoms with Gasteiger partial charge in [0.05, 0.1) is 0 Å². The number of hydrazine groups is 1. The molecule has 0 bridgehead atoms. The maximum absolute atomic E-state index is 5.23. The third kappa shape index (κ3) is 4.41. The van der Waals surface area contributed by atoms with E-state index >= 15 is 0 Å². The zero-order chi connectivity index (χ0) is 19.3. The van der Waals surface area contributed by atoms with E-state index in [4.69, 9.17) is 5.32 Å². The van der Waals surface area contributed by atoms with E-state index in [1.807, 2.05) is 0 Å². The molecule has 0 aromatic heterocycles. The third-order valence-corrected chi connectivity index (χ3v) is 6.81. The average Bonchev–Trinajstić information content (AvgIpc) is 3.10. The first-order chi connectivity index (χ1) is 13.1. The highest BCUT2D eigenvalue weighted by atomic mass is 15.7. The lowest BCUT2D eigenvalue weighted by Crippen LogP contribution is -2.70. The topological polar surface area (TPSA) is 20.6 Å². The van der Waals surface area contributed by atoms with Crippen molar-refractivity contribution in [2.24, 2.45) is 0 Å². The molecular weight excluding hydrogens is 330 g/mol. The van der Waals surface area contributed by atoms with Crippen LogP contribution in [0.2, 0.25) is 0 Å². The molecule has 2 saturated heterocycles. The third-order valence-electron chi connectivity index (χ3n) is 6.81. The predicted octanol–water partition coefficient (Wildman–Crippen LogP) is 5.39. The van der Waals surface area contributed by atoms with Crippen LogP contribution in [0.25, 0.3) is 0 Å². The molecule has 1 aromatic carbocycles. The lowest BCUT2D eigenvalue weighted by Gasteiger charge is -2.57. The summed E-state index contributed by atoms with van der Waals surface area (Å²) in [5, 5.41) is 10.6. The summed E-state index contributed by atoms with van der Waals surface area (Å²) in [4.78, 5) is 0. The van der Waals surface area contributed by atoms with Gasteiger partial charge in [-0.05, 0) is 56.2 Å². The van der Waals surface area contributed by atoms with Crippen LogP contribution in [-0.2, 0) is 0 Å². The number of hydrogen-bond acceptors (Lipinski definition) is 2. The van der Waals surface area contributed by atoms with Crippen LogP contribution in [0, 0.1) is 13.8 Å². The van der Waals surface area contributed by atoms with Crippen LogP contribution in [0.4, 0.5) is 0 Å². The smallest absolute Gasteiger partial charge is 0.108 e. The van der Waals surface area contributed by atoms with E-state index in [1.54, 1.807) is 0 Å². The van der Waals surface area contributed by atoms with Crippen LogP contribution in [-0.4, -0.2) is 41.9 Å². The van der Waals surface area contributed by atoms with E-state index in [0.29, 0.717) is 5.92 Å². The van der Waals surface area contributed by atoms with Crippen molar-refractivity contribution in [3.8, 4) is 0 Å². The number of nitrogens with zero attached hydrogens (tertiary/aromatic N) is 3. The molecule has 3 rings (SSSR count). The van der Waals surface area contributed by atoms with E-state index in [2.05, 4.69) is 55.9 Å². The van der Waals surface area contributed by atoms with Crippen molar-refractivity contribution in [3.05, 3.63) is 34.9 Å². The summed E-state index contributed by atoms with van der Waals surface area (Å²) in [7, 11) is 0. The van der Waals surface area contributed by atoms with Crippen molar-refractivity contribution in [2.45, 2.75) is 90.6 Å². The fourth-order valence-corrected chi connectivity index (χ4v) is 4.93. The Labute approximate surface area is 167 Å². The molecule has 1 aromatic rings. The Kier molecular flexibility index (Phi) is 7.35. The van der Waals surface area contributed by atoms with E-state index in [1.165, 1.54) is 87.7 Å². The summed E-state index contributed by atoms with van der Waals surface area (Å²) < 4.78 is 0. The Morgan fingerprint density at radius 1 is 1.04 bits per heavy atom. The van der Waals surface area contributed by atoms with Gasteiger partial charge < -0.3 is 0 Å². The van der Waals surface area contributed by atoms with E-state index in [9.17, 15) is 0 Å². The molecular formula is C24H40N3. The molecule has 2 aliphatic rings. The summed E-state index contributed by atoms with van der Waals surface area (Å²) in [6.45, 7) is 13.7. The molecule has 3 heteroatoms. The largest absolute Gasteiger partial charge is 0.240 e. The number of unbranched alkanes of at least 4 members (excludes halogenated alkanes) is 4. The second-order valence-electron chi connectivity index (χ2n) is 8.69. The van der Waals surface area contributed by atoms with Crippen LogP contribution < -0.4 is 5.32 Å². The highest BCUT2D eigenvalue weighted by Crippen LogP contribution is 2.48. The van der Waals surface area contributed by atoms with Crippen molar-refractivity contribution in [3.63, 3.8) is 0 Å². The van der Waals surface area contributed by atoms with Crippen LogP contribution in [0.3, 0.4) is 0 Å². The Balaban J connectivity index is 1.76. The molecule has 2 fully saturated rings. The summed E-state index contributed by atoms with van der Waals surface area (Å²) in [6, 6.07) is 7.10. The molecule has 27 heavy (non-hydrogen) atoms. The maximum Gasteiger partial charge on any atom is 0.108 e. The second-order valence-corrected chi connectivity index (χ2v) is 8.69. The van der Waals surface area contributed by atoms with Gasteiger partial charge in [0.15, 0.2) is 0 Å². The number of hydrogen-bond donors (Lipinski definition) is 0. The average molecular weight is 371 g/mol. The Hall–Kier alpha value is -0.900. The van der Waals surface area contributed by atoms with Crippen molar-refractivity contribution >= 4 is 0 Å². The molecule has 0 aliphatic carbocycles. The van der Waals surface area contributed by atoms with Crippen LogP contribution in [0.1, 0.15) is 87.8 Å². The van der Waals surface area contributed by atoms with Gasteiger partial charge in [-0.15, -0.1) is 0 Å². The molecule has 2 atom stereocenters. The van der Waals surface area contributed by atoms with Gasteiger partial charge in [0.1, 0.15) is 5.66 Å². The first-order valence-corrected chi connectivity index (χ1v) is 11.4. The van der Waals surface area contributed by atoms with Gasteiger partial charge >= 0.3 is 0 Å². The van der Waals surface area contributed by atoms with Crippen LogP contribution in [0.5, 0.6) is 0 Å². The lowest BCUT2D eigenvalue weighted by atomic mass is 9.79. The lowest BCUT2D eigenvalue weighted by molar-refractivity contribution is -0.193. The van der Waals surface area contributed by atoms with Gasteiger partial charge in [0, 0.05) is 32.1 Å². The first-order valence-electron chi connectivity index (χ1n) is 11.4. The van der Waals surface area contributed by atoms with E-state index in [0.717, 1.165) is 6.54 Å². The van der Waals surface area contributed by atoms with Gasteiger partial charge in [-0.2, -0.15) is 0 Å². The summed E-state index contributed by atoms with van der Waals surface area (Å²) >= 11 is 0. The van der Waals surface area contributed by atoms with E-state index in [-0.39, 0.29) is 5.66 Å². The van der Waals surface area contributed by atoms with E-state index < -0.39 is 0 Å². The molecule has 0 amide bonds. The monoisotopic (exact) mass is 370 g/mol. The molecule has 2 heterocycles. The molecule has 151 valence electrons. The minimum atomic E-state index is 0.0418.